The van der Waals surface area contributed by atoms with E-state index in [9.17, 15) is 62.1 Å². The number of phenols is 2. The first kappa shape index (κ1) is 57.6. The van der Waals surface area contributed by atoms with E-state index in [4.69, 9.17) is 20.9 Å². The maximum atomic E-state index is 12.4. The number of ether oxygens (including phenoxy) is 2. The first-order valence-electron chi connectivity index (χ1n) is 16.1. The number of benzene rings is 6. The predicted octanol–water partition coefficient (Wildman–Crippen LogP) is 4.55. The monoisotopic (exact) mass is 996 g/mol. The molecule has 0 heterocycles. The Morgan fingerprint density at radius 1 is 0.469 bits per heavy atom. The van der Waals surface area contributed by atoms with Gasteiger partial charge in [0.2, 0.25) is 0 Å². The molecule has 0 atom stereocenters. The van der Waals surface area contributed by atoms with Crippen LogP contribution in [0.2, 0.25) is 0 Å². The SMILES string of the molecule is COc1ccc(-c2ccc(N=Nc3c(S(=O)(=O)O)cc4cc(S(=O)(=O)O)cc(N)c4c3O)c(OC)c2)cc1N=Nc1c(S(=O)(=O)O)cc2cc(S(=O)(=O)O)cc(N)c2c1O.[Na].[Na].[Na].[Na]. The van der Waals surface area contributed by atoms with Gasteiger partial charge in [-0.2, -0.15) is 33.7 Å². The minimum atomic E-state index is -5.16. The van der Waals surface area contributed by atoms with Gasteiger partial charge in [-0.25, -0.2) is 0 Å². The smallest absolute Gasteiger partial charge is 0.296 e. The number of aromatic hydroxyl groups is 2. The summed E-state index contributed by atoms with van der Waals surface area (Å²) in [6.07, 6.45) is 0. The molecule has 0 aliphatic heterocycles. The van der Waals surface area contributed by atoms with Crippen molar-refractivity contribution in [1.82, 2.24) is 0 Å². The van der Waals surface area contributed by atoms with Crippen LogP contribution in [-0.4, -0.2) is 195 Å². The van der Waals surface area contributed by atoms with Crippen molar-refractivity contribution in [2.45, 2.75) is 19.6 Å². The molecule has 0 aliphatic carbocycles. The Balaban J connectivity index is 0.00000352. The minimum absolute atomic E-state index is 0. The van der Waals surface area contributed by atoms with Crippen molar-refractivity contribution >= 4 is 214 Å². The van der Waals surface area contributed by atoms with Crippen LogP contribution in [0, 0.1) is 0 Å². The first-order chi connectivity index (χ1) is 27.8. The molecule has 6 aromatic rings. The van der Waals surface area contributed by atoms with Gasteiger partial charge in [-0.05, 0) is 82.6 Å². The van der Waals surface area contributed by atoms with E-state index in [1.54, 1.807) is 6.07 Å². The number of rotatable bonds is 11. The molecule has 0 aliphatic rings. The van der Waals surface area contributed by atoms with Crippen molar-refractivity contribution in [3.05, 3.63) is 72.8 Å². The Bertz CT molecular complexity index is 3360. The molecule has 30 heteroatoms. The van der Waals surface area contributed by atoms with Crippen molar-refractivity contribution in [1.29, 1.82) is 0 Å². The van der Waals surface area contributed by atoms with Gasteiger partial charge in [-0.1, -0.05) is 12.1 Å². The van der Waals surface area contributed by atoms with Crippen LogP contribution in [0.3, 0.4) is 0 Å². The molecule has 0 saturated heterocycles. The molecule has 64 heavy (non-hydrogen) atoms. The van der Waals surface area contributed by atoms with Crippen LogP contribution in [0.5, 0.6) is 23.0 Å². The molecule has 4 radical (unpaired) electrons. The van der Waals surface area contributed by atoms with E-state index in [1.807, 2.05) is 0 Å². The zero-order chi connectivity index (χ0) is 44.3. The summed E-state index contributed by atoms with van der Waals surface area (Å²) in [6, 6.07) is 13.5. The summed E-state index contributed by atoms with van der Waals surface area (Å²) in [7, 11) is -17.4. The fourth-order valence-electron chi connectivity index (χ4n) is 5.96. The summed E-state index contributed by atoms with van der Waals surface area (Å²) in [4.78, 5) is -3.43. The molecule has 10 N–H and O–H groups in total. The predicted molar refractivity (Wildman–Crippen MR) is 236 cm³/mol. The maximum absolute atomic E-state index is 12.4. The maximum Gasteiger partial charge on any atom is 0.296 e. The van der Waals surface area contributed by atoms with Crippen LogP contribution in [0.15, 0.2) is 113 Å². The fourth-order valence-corrected chi connectivity index (χ4v) is 8.38. The second-order valence-electron chi connectivity index (χ2n) is 12.4. The molecule has 0 spiro atoms. The quantitative estimate of drug-likeness (QED) is 0.0382. The summed E-state index contributed by atoms with van der Waals surface area (Å²) < 4.78 is 146. The van der Waals surface area contributed by atoms with Crippen molar-refractivity contribution < 1.29 is 71.6 Å². The van der Waals surface area contributed by atoms with E-state index in [0.29, 0.717) is 11.1 Å². The molecule has 0 amide bonds. The number of azo groups is 2. The Kier molecular flexibility index (Phi) is 19.5. The molecule has 0 unspecified atom stereocenters. The third-order valence-corrected chi connectivity index (χ3v) is 12.1. The van der Waals surface area contributed by atoms with Crippen LogP contribution < -0.4 is 20.9 Å². The summed E-state index contributed by atoms with van der Waals surface area (Å²) in [5.41, 5.74) is 10.2. The average molecular weight is 997 g/mol. The minimum Gasteiger partial charge on any atom is -0.505 e. The van der Waals surface area contributed by atoms with Crippen LogP contribution in [-0.2, 0) is 40.5 Å². The first-order valence-corrected chi connectivity index (χ1v) is 21.9. The van der Waals surface area contributed by atoms with Gasteiger partial charge in [0.25, 0.3) is 40.5 Å². The van der Waals surface area contributed by atoms with Gasteiger partial charge in [0, 0.05) is 140 Å². The van der Waals surface area contributed by atoms with Crippen LogP contribution in [0.4, 0.5) is 34.1 Å². The number of nitrogens with zero attached hydrogens (tertiary/aromatic N) is 4. The molecular formula is C34H28N6Na4O16S4. The largest absolute Gasteiger partial charge is 0.505 e. The molecular weight excluding hydrogens is 969 g/mol. The average Bonchev–Trinajstić information content (AvgIpc) is 3.14. The standard InChI is InChI=1S/C34H28N6O16S4.4Na/c1-55-25-6-4-15(9-24(25)38-40-32-28(60(52,53)54)12-18-8-20(58(46,47)48)14-22(36)30(18)34(32)42)16-3-5-23(26(10-16)56-2)37-39-31-27(59(49,50)51)11-17-7-19(57(43,44)45)13-21(35)29(17)33(31)41;;;;/h3-14,41-42H,35-36H2,1-2H3,(H,43,44,45)(H,46,47,48)(H,49,50,51)(H,52,53,54);;;;. The summed E-state index contributed by atoms with van der Waals surface area (Å²) >= 11 is 0. The molecule has 0 bridgehead atoms. The van der Waals surface area contributed by atoms with E-state index < -0.39 is 94.3 Å². The topological polar surface area (TPSA) is 378 Å². The van der Waals surface area contributed by atoms with Crippen molar-refractivity contribution in [3.63, 3.8) is 0 Å². The van der Waals surface area contributed by atoms with E-state index in [2.05, 4.69) is 20.5 Å². The molecule has 6 rings (SSSR count). The zero-order valence-corrected chi connectivity index (χ0v) is 45.5. The van der Waals surface area contributed by atoms with Gasteiger partial charge < -0.3 is 31.2 Å². The van der Waals surface area contributed by atoms with Crippen LogP contribution >= 0.6 is 0 Å². The van der Waals surface area contributed by atoms with Gasteiger partial charge in [-0.3, -0.25) is 18.2 Å². The second kappa shape index (κ2) is 21.6. The molecule has 0 saturated carbocycles. The van der Waals surface area contributed by atoms with Crippen molar-refractivity contribution in [2.75, 3.05) is 25.7 Å². The zero-order valence-electron chi connectivity index (χ0n) is 34.3. The van der Waals surface area contributed by atoms with E-state index in [1.165, 1.54) is 44.6 Å². The van der Waals surface area contributed by atoms with Gasteiger partial charge in [0.1, 0.15) is 44.0 Å². The summed E-state index contributed by atoms with van der Waals surface area (Å²) in [5, 5.41) is 36.8. The summed E-state index contributed by atoms with van der Waals surface area (Å²) in [5.74, 6) is -1.71. The number of phenolic OH excluding ortho intramolecular Hbond substituents is 2. The normalized spacial score (nSPS) is 12.0. The molecule has 22 nitrogen and oxygen atoms in total. The third kappa shape index (κ3) is 12.1. The van der Waals surface area contributed by atoms with E-state index in [-0.39, 0.29) is 163 Å². The van der Waals surface area contributed by atoms with Crippen LogP contribution in [0.1, 0.15) is 0 Å². The van der Waals surface area contributed by atoms with Crippen molar-refractivity contribution in [2.24, 2.45) is 20.5 Å². The molecule has 6 aromatic carbocycles. The fraction of sp³-hybridized carbons (Fsp3) is 0.0588. The van der Waals surface area contributed by atoms with Crippen molar-refractivity contribution in [3.8, 4) is 34.1 Å². The van der Waals surface area contributed by atoms with Crippen LogP contribution in [0.25, 0.3) is 32.7 Å². The molecule has 0 fully saturated rings. The third-order valence-electron chi connectivity index (χ3n) is 8.67. The molecule has 318 valence electrons. The van der Waals surface area contributed by atoms with E-state index >= 15 is 0 Å². The number of hydrogen-bond donors (Lipinski definition) is 8. The van der Waals surface area contributed by atoms with Gasteiger partial charge in [0.15, 0.2) is 11.5 Å². The number of methoxy groups -OCH3 is 2. The van der Waals surface area contributed by atoms with E-state index in [0.717, 1.165) is 36.4 Å². The number of anilines is 2. The molecule has 0 aromatic heterocycles. The Labute approximate surface area is 452 Å². The number of fused-ring (bicyclic) bond motifs is 2. The number of hydrogen-bond acceptors (Lipinski definition) is 18. The Morgan fingerprint density at radius 2 is 0.859 bits per heavy atom. The Hall–Kier alpha value is -2.52. The number of nitrogens with two attached hydrogens (primary N) is 2. The van der Waals surface area contributed by atoms with Gasteiger partial charge in [0.05, 0.1) is 24.0 Å². The van der Waals surface area contributed by atoms with Gasteiger partial charge in [-0.15, -0.1) is 20.5 Å². The summed E-state index contributed by atoms with van der Waals surface area (Å²) in [6.45, 7) is 0. The number of nitrogen functional groups attached to an aromatic ring is 2. The second-order valence-corrected chi connectivity index (χ2v) is 18.1. The van der Waals surface area contributed by atoms with Gasteiger partial charge >= 0.3 is 0 Å². The Morgan fingerprint density at radius 3 is 1.25 bits per heavy atom.